The lowest BCUT2D eigenvalue weighted by Gasteiger charge is -2.30. The minimum absolute atomic E-state index is 0.00543. The van der Waals surface area contributed by atoms with Gasteiger partial charge < -0.3 is 15.7 Å². The molecular formula is C15H19F3N2O2. The number of aliphatic hydroxyl groups excluding tert-OH is 1. The van der Waals surface area contributed by atoms with Crippen LogP contribution >= 0.6 is 0 Å². The summed E-state index contributed by atoms with van der Waals surface area (Å²) in [5.74, 6) is -3.44. The molecule has 0 aromatic heterocycles. The molecule has 1 aliphatic heterocycles. The van der Waals surface area contributed by atoms with E-state index in [1.54, 1.807) is 4.90 Å². The Morgan fingerprint density at radius 1 is 1.23 bits per heavy atom. The molecule has 1 aromatic rings. The van der Waals surface area contributed by atoms with Gasteiger partial charge in [0.2, 0.25) is 5.91 Å². The van der Waals surface area contributed by atoms with Crippen molar-refractivity contribution in [3.05, 3.63) is 35.1 Å². The van der Waals surface area contributed by atoms with Gasteiger partial charge in [0.05, 0.1) is 6.10 Å². The summed E-state index contributed by atoms with van der Waals surface area (Å²) in [5.41, 5.74) is 5.77. The van der Waals surface area contributed by atoms with Crippen LogP contribution in [0.4, 0.5) is 13.2 Å². The zero-order valence-corrected chi connectivity index (χ0v) is 12.1. The van der Waals surface area contributed by atoms with Gasteiger partial charge in [0.25, 0.3) is 0 Å². The van der Waals surface area contributed by atoms with E-state index in [2.05, 4.69) is 0 Å². The molecule has 0 bridgehead atoms. The van der Waals surface area contributed by atoms with Crippen LogP contribution in [0.25, 0.3) is 0 Å². The third-order valence-electron chi connectivity index (χ3n) is 3.83. The van der Waals surface area contributed by atoms with Gasteiger partial charge in [0.15, 0.2) is 11.6 Å². The Kier molecular flexibility index (Phi) is 5.42. The average Bonchev–Trinajstić information content (AvgIpc) is 2.45. The first kappa shape index (κ1) is 16.8. The molecule has 1 aliphatic rings. The molecule has 0 spiro atoms. The number of amides is 1. The fraction of sp³-hybridized carbons (Fsp3) is 0.533. The molecule has 0 radical (unpaired) electrons. The van der Waals surface area contributed by atoms with Gasteiger partial charge in [-0.25, -0.2) is 13.2 Å². The zero-order chi connectivity index (χ0) is 16.3. The second-order valence-corrected chi connectivity index (χ2v) is 5.64. The van der Waals surface area contributed by atoms with Crippen molar-refractivity contribution in [2.24, 2.45) is 5.73 Å². The quantitative estimate of drug-likeness (QED) is 0.824. The molecule has 0 aliphatic carbocycles. The Hall–Kier alpha value is -1.60. The van der Waals surface area contributed by atoms with E-state index in [1.807, 2.05) is 0 Å². The van der Waals surface area contributed by atoms with Crippen LogP contribution in [0.5, 0.6) is 0 Å². The molecule has 0 unspecified atom stereocenters. The Balaban J connectivity index is 1.91. The number of likely N-dealkylation sites (tertiary alicyclic amines) is 1. The van der Waals surface area contributed by atoms with E-state index in [-0.39, 0.29) is 30.4 Å². The second-order valence-electron chi connectivity index (χ2n) is 5.64. The van der Waals surface area contributed by atoms with Gasteiger partial charge in [-0.15, -0.1) is 0 Å². The van der Waals surface area contributed by atoms with Crippen molar-refractivity contribution >= 4 is 5.91 Å². The van der Waals surface area contributed by atoms with Crippen molar-refractivity contribution in [1.29, 1.82) is 0 Å². The molecule has 1 heterocycles. The van der Waals surface area contributed by atoms with Gasteiger partial charge in [-0.05, 0) is 30.9 Å². The van der Waals surface area contributed by atoms with E-state index in [9.17, 15) is 23.1 Å². The van der Waals surface area contributed by atoms with Crippen molar-refractivity contribution in [3.8, 4) is 0 Å². The summed E-state index contributed by atoms with van der Waals surface area (Å²) in [4.78, 5) is 13.7. The standard InChI is InChI=1S/C15H19F3N2O2/c16-12-8-14(18)13(17)6-9(12)5-10(19)7-15(22)20-3-1-11(21)2-4-20/h6,8,10-11,21H,1-5,7,19H2/t10-/m1/s1. The molecule has 7 heteroatoms. The smallest absolute Gasteiger partial charge is 0.224 e. The number of rotatable bonds is 4. The number of aliphatic hydroxyl groups is 1. The molecule has 1 fully saturated rings. The fourth-order valence-electron chi connectivity index (χ4n) is 2.54. The van der Waals surface area contributed by atoms with Crippen LogP contribution in [-0.4, -0.2) is 41.1 Å². The summed E-state index contributed by atoms with van der Waals surface area (Å²) < 4.78 is 39.5. The number of hydrogen-bond acceptors (Lipinski definition) is 3. The normalized spacial score (nSPS) is 17.6. The number of hydrogen-bond donors (Lipinski definition) is 2. The van der Waals surface area contributed by atoms with E-state index in [1.165, 1.54) is 0 Å². The molecule has 0 saturated carbocycles. The highest BCUT2D eigenvalue weighted by atomic mass is 19.2. The van der Waals surface area contributed by atoms with Crippen LogP contribution in [-0.2, 0) is 11.2 Å². The molecule has 2 rings (SSSR count). The summed E-state index contributed by atoms with van der Waals surface area (Å²) >= 11 is 0. The van der Waals surface area contributed by atoms with E-state index < -0.39 is 23.5 Å². The lowest BCUT2D eigenvalue weighted by molar-refractivity contribution is -0.133. The number of benzene rings is 1. The van der Waals surface area contributed by atoms with Gasteiger partial charge in [-0.3, -0.25) is 4.79 Å². The third-order valence-corrected chi connectivity index (χ3v) is 3.83. The van der Waals surface area contributed by atoms with Gasteiger partial charge in [0, 0.05) is 31.6 Å². The first-order valence-electron chi connectivity index (χ1n) is 7.21. The maximum atomic E-state index is 13.5. The minimum Gasteiger partial charge on any atom is -0.393 e. The van der Waals surface area contributed by atoms with Crippen LogP contribution in [0.15, 0.2) is 12.1 Å². The topological polar surface area (TPSA) is 66.6 Å². The fourth-order valence-corrected chi connectivity index (χ4v) is 2.54. The third kappa shape index (κ3) is 4.20. The minimum atomic E-state index is -1.25. The summed E-state index contributed by atoms with van der Waals surface area (Å²) in [6, 6.07) is 0.566. The van der Waals surface area contributed by atoms with Crippen LogP contribution in [0, 0.1) is 17.5 Å². The SMILES string of the molecule is N[C@@H](CC(=O)N1CCC(O)CC1)Cc1cc(F)c(F)cc1F. The van der Waals surface area contributed by atoms with Crippen LogP contribution in [0.1, 0.15) is 24.8 Å². The van der Waals surface area contributed by atoms with Gasteiger partial charge in [0.1, 0.15) is 5.82 Å². The largest absolute Gasteiger partial charge is 0.393 e. The van der Waals surface area contributed by atoms with Gasteiger partial charge in [-0.2, -0.15) is 0 Å². The first-order valence-corrected chi connectivity index (χ1v) is 7.21. The lowest BCUT2D eigenvalue weighted by atomic mass is 10.0. The van der Waals surface area contributed by atoms with Crippen molar-refractivity contribution in [2.75, 3.05) is 13.1 Å². The number of nitrogens with two attached hydrogens (primary N) is 1. The Bertz CT molecular complexity index is 546. The molecule has 1 amide bonds. The lowest BCUT2D eigenvalue weighted by Crippen LogP contribution is -2.42. The molecular weight excluding hydrogens is 297 g/mol. The maximum absolute atomic E-state index is 13.5. The second kappa shape index (κ2) is 7.11. The van der Waals surface area contributed by atoms with E-state index >= 15 is 0 Å². The molecule has 122 valence electrons. The number of piperidine rings is 1. The number of carbonyl (C=O) groups excluding carboxylic acids is 1. The summed E-state index contributed by atoms with van der Waals surface area (Å²) in [5, 5.41) is 9.39. The highest BCUT2D eigenvalue weighted by Crippen LogP contribution is 2.17. The summed E-state index contributed by atoms with van der Waals surface area (Å²) in [6.45, 7) is 0.929. The van der Waals surface area contributed by atoms with E-state index in [0.29, 0.717) is 32.0 Å². The van der Waals surface area contributed by atoms with Crippen molar-refractivity contribution in [1.82, 2.24) is 4.90 Å². The molecule has 1 saturated heterocycles. The number of halogens is 3. The number of nitrogens with zero attached hydrogens (tertiary/aromatic N) is 1. The molecule has 3 N–H and O–H groups in total. The number of carbonyl (C=O) groups is 1. The molecule has 1 aromatic carbocycles. The average molecular weight is 316 g/mol. The maximum Gasteiger partial charge on any atom is 0.224 e. The van der Waals surface area contributed by atoms with Crippen molar-refractivity contribution in [3.63, 3.8) is 0 Å². The van der Waals surface area contributed by atoms with Crippen LogP contribution < -0.4 is 5.73 Å². The van der Waals surface area contributed by atoms with E-state index in [0.717, 1.165) is 6.07 Å². The van der Waals surface area contributed by atoms with Crippen LogP contribution in [0.2, 0.25) is 0 Å². The zero-order valence-electron chi connectivity index (χ0n) is 12.1. The van der Waals surface area contributed by atoms with Gasteiger partial charge >= 0.3 is 0 Å². The molecule has 22 heavy (non-hydrogen) atoms. The Labute approximate surface area is 126 Å². The monoisotopic (exact) mass is 316 g/mol. The molecule has 1 atom stereocenters. The predicted molar refractivity (Wildman–Crippen MR) is 74.4 cm³/mol. The summed E-state index contributed by atoms with van der Waals surface area (Å²) in [7, 11) is 0. The van der Waals surface area contributed by atoms with Crippen LogP contribution in [0.3, 0.4) is 0 Å². The highest BCUT2D eigenvalue weighted by Gasteiger charge is 2.23. The van der Waals surface area contributed by atoms with Gasteiger partial charge in [-0.1, -0.05) is 0 Å². The van der Waals surface area contributed by atoms with Crippen molar-refractivity contribution < 1.29 is 23.1 Å². The van der Waals surface area contributed by atoms with E-state index in [4.69, 9.17) is 5.73 Å². The molecule has 4 nitrogen and oxygen atoms in total. The van der Waals surface area contributed by atoms with Crippen molar-refractivity contribution in [2.45, 2.75) is 37.8 Å². The summed E-state index contributed by atoms with van der Waals surface area (Å²) in [6.07, 6.45) is 0.617. The Morgan fingerprint density at radius 3 is 2.45 bits per heavy atom. The first-order chi connectivity index (χ1) is 10.4. The Morgan fingerprint density at radius 2 is 1.82 bits per heavy atom. The highest BCUT2D eigenvalue weighted by molar-refractivity contribution is 5.77. The predicted octanol–water partition coefficient (Wildman–Crippen LogP) is 1.35.